The summed E-state index contributed by atoms with van der Waals surface area (Å²) in [6.07, 6.45) is 1.32. The molecule has 0 atom stereocenters. The number of hydrogen-bond acceptors (Lipinski definition) is 9. The SMILES string of the molecule is CNc1c(C(C)=N)nc(Cn2nc(C#CCO)c3c(N)ncnc32)n(-c2ccccc2C)c1=O. The van der Waals surface area contributed by atoms with Gasteiger partial charge in [-0.05, 0) is 31.4 Å². The van der Waals surface area contributed by atoms with Crippen LogP contribution < -0.4 is 16.6 Å². The zero-order chi connectivity index (χ0) is 24.4. The summed E-state index contributed by atoms with van der Waals surface area (Å²) in [5.41, 5.74) is 8.59. The van der Waals surface area contributed by atoms with Crippen molar-refractivity contribution in [3.8, 4) is 17.5 Å². The van der Waals surface area contributed by atoms with E-state index in [9.17, 15) is 4.79 Å². The number of anilines is 2. The second kappa shape index (κ2) is 9.13. The average molecular weight is 457 g/mol. The smallest absolute Gasteiger partial charge is 0.282 e. The Bertz CT molecular complexity index is 1540. The first kappa shape index (κ1) is 22.6. The van der Waals surface area contributed by atoms with Gasteiger partial charge < -0.3 is 21.6 Å². The Labute approximate surface area is 194 Å². The molecule has 0 fully saturated rings. The maximum atomic E-state index is 13.6. The number of hydrogen-bond donors (Lipinski definition) is 4. The Morgan fingerprint density at radius 3 is 2.74 bits per heavy atom. The van der Waals surface area contributed by atoms with Crippen molar-refractivity contribution >= 4 is 28.3 Å². The number of benzene rings is 1. The van der Waals surface area contributed by atoms with Gasteiger partial charge in [0.2, 0.25) is 0 Å². The maximum Gasteiger partial charge on any atom is 0.282 e. The molecule has 3 heterocycles. The molecule has 172 valence electrons. The van der Waals surface area contributed by atoms with Gasteiger partial charge in [-0.1, -0.05) is 24.1 Å². The van der Waals surface area contributed by atoms with Gasteiger partial charge >= 0.3 is 0 Å². The van der Waals surface area contributed by atoms with E-state index in [0.717, 1.165) is 5.56 Å². The van der Waals surface area contributed by atoms with Crippen LogP contribution in [0.2, 0.25) is 0 Å². The third-order valence-electron chi connectivity index (χ3n) is 5.25. The van der Waals surface area contributed by atoms with Crippen LogP contribution in [0.25, 0.3) is 16.7 Å². The van der Waals surface area contributed by atoms with E-state index in [-0.39, 0.29) is 41.6 Å². The van der Waals surface area contributed by atoms with E-state index < -0.39 is 0 Å². The molecule has 0 unspecified atom stereocenters. The normalized spacial score (nSPS) is 10.7. The van der Waals surface area contributed by atoms with Crippen LogP contribution in [0.5, 0.6) is 0 Å². The van der Waals surface area contributed by atoms with Gasteiger partial charge in [0.25, 0.3) is 5.56 Å². The van der Waals surface area contributed by atoms with Gasteiger partial charge in [-0.2, -0.15) is 5.10 Å². The molecule has 0 aliphatic heterocycles. The minimum Gasteiger partial charge on any atom is -0.384 e. The first-order valence-corrected chi connectivity index (χ1v) is 10.4. The first-order valence-electron chi connectivity index (χ1n) is 10.4. The van der Waals surface area contributed by atoms with Crippen molar-refractivity contribution in [2.24, 2.45) is 0 Å². The number of nitrogens with zero attached hydrogens (tertiary/aromatic N) is 6. The summed E-state index contributed by atoms with van der Waals surface area (Å²) in [5.74, 6) is 5.89. The summed E-state index contributed by atoms with van der Waals surface area (Å²) in [4.78, 5) is 26.6. The zero-order valence-corrected chi connectivity index (χ0v) is 18.9. The van der Waals surface area contributed by atoms with Crippen molar-refractivity contribution in [3.63, 3.8) is 0 Å². The molecular formula is C23H23N9O2. The lowest BCUT2D eigenvalue weighted by Crippen LogP contribution is -2.30. The fourth-order valence-electron chi connectivity index (χ4n) is 3.72. The quantitative estimate of drug-likeness (QED) is 0.256. The highest BCUT2D eigenvalue weighted by atomic mass is 16.2. The van der Waals surface area contributed by atoms with Gasteiger partial charge in [0.05, 0.1) is 16.8 Å². The molecule has 3 aromatic heterocycles. The molecule has 5 N–H and O–H groups in total. The number of aromatic nitrogens is 6. The van der Waals surface area contributed by atoms with Gasteiger partial charge in [0.1, 0.15) is 48.2 Å². The number of nitrogen functional groups attached to an aromatic ring is 1. The fourth-order valence-corrected chi connectivity index (χ4v) is 3.72. The minimum absolute atomic E-state index is 0.0433. The molecule has 0 amide bonds. The fraction of sp³-hybridized carbons (Fsp3) is 0.217. The molecule has 4 rings (SSSR count). The zero-order valence-electron chi connectivity index (χ0n) is 18.9. The van der Waals surface area contributed by atoms with E-state index in [1.54, 1.807) is 14.0 Å². The molecule has 1 aromatic carbocycles. The van der Waals surface area contributed by atoms with Gasteiger partial charge in [-0.15, -0.1) is 0 Å². The Morgan fingerprint density at radius 2 is 2.06 bits per heavy atom. The van der Waals surface area contributed by atoms with E-state index in [2.05, 4.69) is 37.2 Å². The molecule has 0 aliphatic rings. The monoisotopic (exact) mass is 457 g/mol. The van der Waals surface area contributed by atoms with Gasteiger partial charge in [0.15, 0.2) is 5.65 Å². The topological polar surface area (TPSA) is 161 Å². The lowest BCUT2D eigenvalue weighted by atomic mass is 10.1. The van der Waals surface area contributed by atoms with Gasteiger partial charge in [0, 0.05) is 7.05 Å². The average Bonchev–Trinajstić information content (AvgIpc) is 3.16. The summed E-state index contributed by atoms with van der Waals surface area (Å²) in [6.45, 7) is 3.18. The summed E-state index contributed by atoms with van der Waals surface area (Å²) in [5, 5.41) is 25.1. The van der Waals surface area contributed by atoms with Crippen molar-refractivity contribution in [2.75, 3.05) is 24.7 Å². The van der Waals surface area contributed by atoms with Crippen LogP contribution in [0.3, 0.4) is 0 Å². The van der Waals surface area contributed by atoms with Crippen LogP contribution in [-0.4, -0.2) is 53.8 Å². The van der Waals surface area contributed by atoms with Crippen molar-refractivity contribution in [2.45, 2.75) is 20.4 Å². The highest BCUT2D eigenvalue weighted by Crippen LogP contribution is 2.23. The number of para-hydroxylation sites is 1. The van der Waals surface area contributed by atoms with E-state index in [1.807, 2.05) is 31.2 Å². The molecule has 0 saturated carbocycles. The predicted molar refractivity (Wildman–Crippen MR) is 129 cm³/mol. The largest absolute Gasteiger partial charge is 0.384 e. The molecular weight excluding hydrogens is 434 g/mol. The minimum atomic E-state index is -0.343. The molecule has 0 bridgehead atoms. The molecule has 0 saturated heterocycles. The molecule has 4 aromatic rings. The first-order chi connectivity index (χ1) is 16.4. The Hall–Kier alpha value is -4.56. The molecule has 0 radical (unpaired) electrons. The van der Waals surface area contributed by atoms with Crippen LogP contribution in [-0.2, 0) is 6.54 Å². The standard InChI is InChI=1S/C23H23N9O2/c1-13-7-4-5-9-16(13)32-17(29-19(14(2)24)20(26-3)23(32)34)11-31-22-18(21(25)27-12-28-22)15(30-31)8-6-10-33/h4-5,7,9,12,24,26,33H,10-11H2,1-3H3,(H2,25,27,28). The predicted octanol–water partition coefficient (Wildman–Crippen LogP) is 1.08. The Balaban J connectivity index is 2.02. The molecule has 11 nitrogen and oxygen atoms in total. The number of rotatable bonds is 5. The van der Waals surface area contributed by atoms with Crippen LogP contribution in [0.15, 0.2) is 35.4 Å². The number of nitrogens with two attached hydrogens (primary N) is 1. The lowest BCUT2D eigenvalue weighted by Gasteiger charge is -2.18. The Kier molecular flexibility index (Phi) is 6.07. The molecule has 0 aliphatic carbocycles. The van der Waals surface area contributed by atoms with Crippen molar-refractivity contribution in [1.29, 1.82) is 5.41 Å². The summed E-state index contributed by atoms with van der Waals surface area (Å²) in [7, 11) is 1.62. The van der Waals surface area contributed by atoms with Crippen LogP contribution in [0.1, 0.15) is 29.7 Å². The second-order valence-corrected chi connectivity index (χ2v) is 7.48. The molecule has 0 spiro atoms. The van der Waals surface area contributed by atoms with E-state index in [1.165, 1.54) is 15.6 Å². The number of fused-ring (bicyclic) bond motifs is 1. The van der Waals surface area contributed by atoms with Gasteiger partial charge in [-0.3, -0.25) is 9.36 Å². The van der Waals surface area contributed by atoms with E-state index >= 15 is 0 Å². The summed E-state index contributed by atoms with van der Waals surface area (Å²) in [6, 6.07) is 7.46. The van der Waals surface area contributed by atoms with Crippen molar-refractivity contribution in [1.82, 2.24) is 29.3 Å². The number of aliphatic hydroxyl groups is 1. The van der Waals surface area contributed by atoms with Crippen LogP contribution in [0.4, 0.5) is 11.5 Å². The number of aryl methyl sites for hydroxylation is 1. The third kappa shape index (κ3) is 3.87. The lowest BCUT2D eigenvalue weighted by molar-refractivity contribution is 0.350. The highest BCUT2D eigenvalue weighted by molar-refractivity contribution is 5.99. The Morgan fingerprint density at radius 1 is 1.29 bits per heavy atom. The number of aliphatic hydroxyl groups excluding tert-OH is 1. The number of nitrogens with one attached hydrogen (secondary N) is 2. The second-order valence-electron chi connectivity index (χ2n) is 7.48. The molecule has 11 heteroatoms. The molecule has 34 heavy (non-hydrogen) atoms. The maximum absolute atomic E-state index is 13.6. The summed E-state index contributed by atoms with van der Waals surface area (Å²) < 4.78 is 3.04. The van der Waals surface area contributed by atoms with Crippen molar-refractivity contribution in [3.05, 3.63) is 63.7 Å². The third-order valence-corrected chi connectivity index (χ3v) is 5.25. The van der Waals surface area contributed by atoms with Crippen LogP contribution >= 0.6 is 0 Å². The highest BCUT2D eigenvalue weighted by Gasteiger charge is 2.22. The van der Waals surface area contributed by atoms with Crippen molar-refractivity contribution < 1.29 is 5.11 Å². The van der Waals surface area contributed by atoms with E-state index in [4.69, 9.17) is 16.2 Å². The van der Waals surface area contributed by atoms with Gasteiger partial charge in [-0.25, -0.2) is 19.6 Å². The van der Waals surface area contributed by atoms with E-state index in [0.29, 0.717) is 28.2 Å². The summed E-state index contributed by atoms with van der Waals surface area (Å²) >= 11 is 0. The van der Waals surface area contributed by atoms with Crippen LogP contribution in [0, 0.1) is 24.2 Å².